The number of furan rings is 1. The van der Waals surface area contributed by atoms with Crippen LogP contribution in [0, 0.1) is 6.92 Å². The zero-order valence-electron chi connectivity index (χ0n) is 10.0. The van der Waals surface area contributed by atoms with Crippen LogP contribution in [0.1, 0.15) is 18.2 Å². The quantitative estimate of drug-likeness (QED) is 0.904. The predicted molar refractivity (Wildman–Crippen MR) is 74.4 cm³/mol. The summed E-state index contributed by atoms with van der Waals surface area (Å²) in [6.07, 6.45) is 2.60. The first-order chi connectivity index (χ1) is 8.16. The topological polar surface area (TPSA) is 25.2 Å². The molecule has 0 saturated carbocycles. The van der Waals surface area contributed by atoms with Gasteiger partial charge in [-0.25, -0.2) is 0 Å². The molecule has 2 rings (SSSR count). The summed E-state index contributed by atoms with van der Waals surface area (Å²) in [6.45, 7) is 4.26. The highest BCUT2D eigenvalue weighted by atomic mass is 79.9. The molecular weight excluding hydrogens is 278 g/mol. The van der Waals surface area contributed by atoms with E-state index in [0.29, 0.717) is 6.04 Å². The van der Waals surface area contributed by atoms with Crippen molar-refractivity contribution in [2.45, 2.75) is 26.3 Å². The first kappa shape index (κ1) is 12.2. The van der Waals surface area contributed by atoms with Crippen molar-refractivity contribution in [1.29, 1.82) is 0 Å². The molecule has 1 aromatic carbocycles. The molecule has 0 amide bonds. The molecule has 0 aliphatic heterocycles. The lowest BCUT2D eigenvalue weighted by molar-refractivity contribution is 0.497. The minimum absolute atomic E-state index is 0.342. The average molecular weight is 294 g/mol. The summed E-state index contributed by atoms with van der Waals surface area (Å²) in [5.41, 5.74) is 2.40. The van der Waals surface area contributed by atoms with Gasteiger partial charge in [-0.15, -0.1) is 0 Å². The van der Waals surface area contributed by atoms with Gasteiger partial charge in [0.2, 0.25) is 0 Å². The molecule has 2 nitrogen and oxygen atoms in total. The Kier molecular flexibility index (Phi) is 3.89. The Morgan fingerprint density at radius 1 is 1.29 bits per heavy atom. The van der Waals surface area contributed by atoms with E-state index in [0.717, 1.165) is 16.7 Å². The van der Waals surface area contributed by atoms with Crippen LogP contribution in [0.25, 0.3) is 0 Å². The Bertz CT molecular complexity index is 479. The van der Waals surface area contributed by atoms with Gasteiger partial charge in [-0.05, 0) is 43.7 Å². The summed E-state index contributed by atoms with van der Waals surface area (Å²) < 4.78 is 6.48. The van der Waals surface area contributed by atoms with Gasteiger partial charge in [-0.3, -0.25) is 0 Å². The van der Waals surface area contributed by atoms with Crippen LogP contribution in [-0.4, -0.2) is 6.04 Å². The summed E-state index contributed by atoms with van der Waals surface area (Å²) in [6, 6.07) is 10.5. The zero-order valence-corrected chi connectivity index (χ0v) is 11.6. The third-order valence-electron chi connectivity index (χ3n) is 2.76. The van der Waals surface area contributed by atoms with Gasteiger partial charge in [-0.1, -0.05) is 22.0 Å². The number of nitrogens with one attached hydrogen (secondary N) is 1. The second kappa shape index (κ2) is 5.41. The van der Waals surface area contributed by atoms with E-state index in [9.17, 15) is 0 Å². The maximum atomic E-state index is 5.35. The average Bonchev–Trinajstić information content (AvgIpc) is 2.77. The van der Waals surface area contributed by atoms with E-state index in [1.807, 2.05) is 18.2 Å². The van der Waals surface area contributed by atoms with Crippen molar-refractivity contribution < 1.29 is 4.42 Å². The summed E-state index contributed by atoms with van der Waals surface area (Å²) in [7, 11) is 0. The Labute approximate surface area is 110 Å². The molecule has 17 heavy (non-hydrogen) atoms. The number of hydrogen-bond acceptors (Lipinski definition) is 2. The smallest absolute Gasteiger partial charge is 0.105 e. The fourth-order valence-electron chi connectivity index (χ4n) is 1.81. The van der Waals surface area contributed by atoms with Crippen LogP contribution in [0.4, 0.5) is 5.69 Å². The van der Waals surface area contributed by atoms with Crippen LogP contribution in [0.5, 0.6) is 0 Å². The molecule has 1 atom stereocenters. The molecular formula is C14H16BrNO. The Hall–Kier alpha value is -1.22. The molecule has 2 aromatic rings. The highest BCUT2D eigenvalue weighted by molar-refractivity contribution is 9.10. The molecule has 1 aromatic heterocycles. The summed E-state index contributed by atoms with van der Waals surface area (Å²) in [5.74, 6) is 1.01. The van der Waals surface area contributed by atoms with E-state index in [-0.39, 0.29) is 0 Å². The summed E-state index contributed by atoms with van der Waals surface area (Å²) >= 11 is 3.54. The molecule has 90 valence electrons. The molecule has 3 heteroatoms. The molecule has 0 fully saturated rings. The van der Waals surface area contributed by atoms with Crippen molar-refractivity contribution in [2.24, 2.45) is 0 Å². The van der Waals surface area contributed by atoms with Crippen molar-refractivity contribution in [3.05, 3.63) is 52.4 Å². The van der Waals surface area contributed by atoms with Gasteiger partial charge in [0.25, 0.3) is 0 Å². The van der Waals surface area contributed by atoms with E-state index < -0.39 is 0 Å². The fraction of sp³-hybridized carbons (Fsp3) is 0.286. The third-order valence-corrected chi connectivity index (χ3v) is 3.62. The van der Waals surface area contributed by atoms with Gasteiger partial charge < -0.3 is 9.73 Å². The molecule has 0 spiro atoms. The molecule has 0 aliphatic carbocycles. The molecule has 0 aliphatic rings. The highest BCUT2D eigenvalue weighted by Gasteiger charge is 2.08. The molecule has 1 N–H and O–H groups in total. The van der Waals surface area contributed by atoms with E-state index in [1.165, 1.54) is 11.3 Å². The Morgan fingerprint density at radius 3 is 2.82 bits per heavy atom. The van der Waals surface area contributed by atoms with Crippen LogP contribution in [0.2, 0.25) is 0 Å². The lowest BCUT2D eigenvalue weighted by Gasteiger charge is -2.16. The van der Waals surface area contributed by atoms with Crippen molar-refractivity contribution in [3.63, 3.8) is 0 Å². The number of rotatable bonds is 4. The number of halogens is 1. The van der Waals surface area contributed by atoms with Crippen LogP contribution < -0.4 is 5.32 Å². The number of benzene rings is 1. The monoisotopic (exact) mass is 293 g/mol. The normalized spacial score (nSPS) is 12.4. The molecule has 1 unspecified atom stereocenters. The second-order valence-electron chi connectivity index (χ2n) is 4.24. The van der Waals surface area contributed by atoms with Gasteiger partial charge in [0, 0.05) is 22.6 Å². The summed E-state index contributed by atoms with van der Waals surface area (Å²) in [5, 5.41) is 3.50. The highest BCUT2D eigenvalue weighted by Crippen LogP contribution is 2.24. The van der Waals surface area contributed by atoms with E-state index >= 15 is 0 Å². The number of hydrogen-bond donors (Lipinski definition) is 1. The standard InChI is InChI=1S/C14H16BrNO/c1-10(9-12-5-4-8-17-12)16-14-7-3-6-13(15)11(14)2/h3-8,10,16H,9H2,1-2H3. The first-order valence-electron chi connectivity index (χ1n) is 5.71. The van der Waals surface area contributed by atoms with Gasteiger partial charge in [0.1, 0.15) is 5.76 Å². The van der Waals surface area contributed by atoms with Crippen LogP contribution >= 0.6 is 15.9 Å². The van der Waals surface area contributed by atoms with E-state index in [4.69, 9.17) is 4.42 Å². The third kappa shape index (κ3) is 3.13. The molecule has 0 bridgehead atoms. The Morgan fingerprint density at radius 2 is 2.12 bits per heavy atom. The predicted octanol–water partition coefficient (Wildman–Crippen LogP) is 4.39. The zero-order chi connectivity index (χ0) is 12.3. The largest absolute Gasteiger partial charge is 0.469 e. The summed E-state index contributed by atoms with van der Waals surface area (Å²) in [4.78, 5) is 0. The molecule has 0 saturated heterocycles. The van der Waals surface area contributed by atoms with Crippen molar-refractivity contribution in [3.8, 4) is 0 Å². The van der Waals surface area contributed by atoms with Crippen LogP contribution in [-0.2, 0) is 6.42 Å². The SMILES string of the molecule is Cc1c(Br)cccc1NC(C)Cc1ccco1. The van der Waals surface area contributed by atoms with Crippen molar-refractivity contribution >= 4 is 21.6 Å². The van der Waals surface area contributed by atoms with E-state index in [1.54, 1.807) is 6.26 Å². The minimum Gasteiger partial charge on any atom is -0.469 e. The number of anilines is 1. The van der Waals surface area contributed by atoms with Crippen LogP contribution in [0.3, 0.4) is 0 Å². The maximum Gasteiger partial charge on any atom is 0.105 e. The minimum atomic E-state index is 0.342. The Balaban J connectivity index is 2.03. The van der Waals surface area contributed by atoms with Gasteiger partial charge in [0.05, 0.1) is 6.26 Å². The lowest BCUT2D eigenvalue weighted by atomic mass is 10.1. The van der Waals surface area contributed by atoms with E-state index in [2.05, 4.69) is 47.2 Å². The van der Waals surface area contributed by atoms with Gasteiger partial charge in [0.15, 0.2) is 0 Å². The maximum absolute atomic E-state index is 5.35. The molecule has 1 heterocycles. The fourth-order valence-corrected chi connectivity index (χ4v) is 2.18. The molecule has 0 radical (unpaired) electrons. The van der Waals surface area contributed by atoms with Gasteiger partial charge >= 0.3 is 0 Å². The lowest BCUT2D eigenvalue weighted by Crippen LogP contribution is -2.18. The van der Waals surface area contributed by atoms with Crippen molar-refractivity contribution in [2.75, 3.05) is 5.32 Å². The first-order valence-corrected chi connectivity index (χ1v) is 6.50. The van der Waals surface area contributed by atoms with Gasteiger partial charge in [-0.2, -0.15) is 0 Å². The van der Waals surface area contributed by atoms with Crippen molar-refractivity contribution in [1.82, 2.24) is 0 Å². The van der Waals surface area contributed by atoms with Crippen LogP contribution in [0.15, 0.2) is 45.5 Å². The second-order valence-corrected chi connectivity index (χ2v) is 5.10.